The van der Waals surface area contributed by atoms with E-state index in [4.69, 9.17) is 0 Å². The highest BCUT2D eigenvalue weighted by Gasteiger charge is 2.46. The molecule has 1 aliphatic carbocycles. The topological polar surface area (TPSA) is 43.9 Å². The minimum Gasteiger partial charge on any atom is -0.340 e. The smallest absolute Gasteiger partial charge is 0.254 e. The van der Waals surface area contributed by atoms with E-state index >= 15 is 0 Å². The zero-order valence-corrected chi connectivity index (χ0v) is 15.7. The lowest BCUT2D eigenvalue weighted by Gasteiger charge is -2.45. The molecule has 0 bridgehead atoms. The summed E-state index contributed by atoms with van der Waals surface area (Å²) in [6.07, 6.45) is 5.81. The SMILES string of the molecule is CN1CCN(C(=O)CC2(N3Cc4ccccc4C3=O)CCCCC2)CC1. The van der Waals surface area contributed by atoms with Gasteiger partial charge in [-0.3, -0.25) is 9.59 Å². The van der Waals surface area contributed by atoms with Crippen LogP contribution in [0.25, 0.3) is 0 Å². The number of nitrogens with zero attached hydrogens (tertiary/aromatic N) is 3. The predicted octanol–water partition coefficient (Wildman–Crippen LogP) is 2.51. The molecule has 1 aromatic rings. The lowest BCUT2D eigenvalue weighted by molar-refractivity contribution is -0.136. The van der Waals surface area contributed by atoms with E-state index in [1.807, 2.05) is 34.1 Å². The lowest BCUT2D eigenvalue weighted by atomic mass is 9.77. The van der Waals surface area contributed by atoms with Crippen LogP contribution in [0.5, 0.6) is 0 Å². The number of amides is 2. The average molecular weight is 355 g/mol. The Bertz CT molecular complexity index is 688. The molecular formula is C21H29N3O2. The maximum Gasteiger partial charge on any atom is 0.254 e. The van der Waals surface area contributed by atoms with Crippen molar-refractivity contribution in [2.75, 3.05) is 33.2 Å². The molecule has 2 aliphatic heterocycles. The van der Waals surface area contributed by atoms with Crippen LogP contribution in [-0.4, -0.2) is 65.3 Å². The molecule has 0 spiro atoms. The Kier molecular flexibility index (Phi) is 4.74. The Morgan fingerprint density at radius 3 is 2.42 bits per heavy atom. The fraction of sp³-hybridized carbons (Fsp3) is 0.619. The van der Waals surface area contributed by atoms with Crippen molar-refractivity contribution in [2.24, 2.45) is 0 Å². The first-order valence-electron chi connectivity index (χ1n) is 9.95. The fourth-order valence-electron chi connectivity index (χ4n) is 4.84. The monoisotopic (exact) mass is 355 g/mol. The number of carbonyl (C=O) groups is 2. The summed E-state index contributed by atoms with van der Waals surface area (Å²) in [6.45, 7) is 4.14. The van der Waals surface area contributed by atoms with Crippen LogP contribution in [0, 0.1) is 0 Å². The lowest BCUT2D eigenvalue weighted by Crippen LogP contribution is -2.55. The number of benzene rings is 1. The second kappa shape index (κ2) is 7.03. The third-order valence-corrected chi connectivity index (χ3v) is 6.51. The third-order valence-electron chi connectivity index (χ3n) is 6.51. The first-order valence-corrected chi connectivity index (χ1v) is 9.95. The zero-order chi connectivity index (χ0) is 18.1. The van der Waals surface area contributed by atoms with Crippen LogP contribution in [-0.2, 0) is 11.3 Å². The van der Waals surface area contributed by atoms with E-state index in [0.29, 0.717) is 13.0 Å². The third kappa shape index (κ3) is 3.13. The van der Waals surface area contributed by atoms with Gasteiger partial charge < -0.3 is 14.7 Å². The number of likely N-dealkylation sites (N-methyl/N-ethyl adjacent to an activating group) is 1. The van der Waals surface area contributed by atoms with Crippen LogP contribution >= 0.6 is 0 Å². The van der Waals surface area contributed by atoms with Gasteiger partial charge in [0, 0.05) is 38.3 Å². The van der Waals surface area contributed by atoms with Gasteiger partial charge in [0.25, 0.3) is 5.91 Å². The predicted molar refractivity (Wildman–Crippen MR) is 101 cm³/mol. The number of piperazine rings is 1. The number of fused-ring (bicyclic) bond motifs is 1. The van der Waals surface area contributed by atoms with Gasteiger partial charge >= 0.3 is 0 Å². The van der Waals surface area contributed by atoms with E-state index in [-0.39, 0.29) is 17.4 Å². The van der Waals surface area contributed by atoms with Gasteiger partial charge in [-0.2, -0.15) is 0 Å². The highest BCUT2D eigenvalue weighted by atomic mass is 16.2. The first-order chi connectivity index (χ1) is 12.6. The molecule has 1 saturated heterocycles. The highest BCUT2D eigenvalue weighted by Crippen LogP contribution is 2.41. The fourth-order valence-corrected chi connectivity index (χ4v) is 4.84. The van der Waals surface area contributed by atoms with Gasteiger partial charge in [-0.25, -0.2) is 0 Å². The van der Waals surface area contributed by atoms with Crippen molar-refractivity contribution < 1.29 is 9.59 Å². The molecule has 140 valence electrons. The van der Waals surface area contributed by atoms with Crippen LogP contribution < -0.4 is 0 Å². The van der Waals surface area contributed by atoms with Crippen molar-refractivity contribution >= 4 is 11.8 Å². The molecule has 0 atom stereocenters. The van der Waals surface area contributed by atoms with E-state index in [1.54, 1.807) is 0 Å². The molecule has 1 aromatic carbocycles. The zero-order valence-electron chi connectivity index (χ0n) is 15.7. The van der Waals surface area contributed by atoms with Crippen molar-refractivity contribution in [2.45, 2.75) is 50.6 Å². The van der Waals surface area contributed by atoms with E-state index in [1.165, 1.54) is 6.42 Å². The number of rotatable bonds is 3. The maximum atomic E-state index is 13.1. The van der Waals surface area contributed by atoms with E-state index in [0.717, 1.165) is 63.0 Å². The summed E-state index contributed by atoms with van der Waals surface area (Å²) in [7, 11) is 2.10. The summed E-state index contributed by atoms with van der Waals surface area (Å²) >= 11 is 0. The first kappa shape index (κ1) is 17.5. The van der Waals surface area contributed by atoms with Crippen molar-refractivity contribution in [3.8, 4) is 0 Å². The maximum absolute atomic E-state index is 13.1. The largest absolute Gasteiger partial charge is 0.340 e. The molecular weight excluding hydrogens is 326 g/mol. The van der Waals surface area contributed by atoms with Gasteiger partial charge in [0.15, 0.2) is 0 Å². The molecule has 0 unspecified atom stereocenters. The summed E-state index contributed by atoms with van der Waals surface area (Å²) in [4.78, 5) is 32.5. The Morgan fingerprint density at radius 2 is 1.73 bits per heavy atom. The number of hydrogen-bond donors (Lipinski definition) is 0. The summed E-state index contributed by atoms with van der Waals surface area (Å²) < 4.78 is 0. The highest BCUT2D eigenvalue weighted by molar-refractivity contribution is 5.99. The Balaban J connectivity index is 1.55. The van der Waals surface area contributed by atoms with Crippen LogP contribution in [0.2, 0.25) is 0 Å². The molecule has 0 radical (unpaired) electrons. The number of hydrogen-bond acceptors (Lipinski definition) is 3. The van der Waals surface area contributed by atoms with Crippen molar-refractivity contribution in [1.82, 2.24) is 14.7 Å². The van der Waals surface area contributed by atoms with Gasteiger partial charge in [-0.05, 0) is 31.5 Å². The molecule has 5 heteroatoms. The molecule has 0 aromatic heterocycles. The van der Waals surface area contributed by atoms with E-state index in [9.17, 15) is 9.59 Å². The second-order valence-electron chi connectivity index (χ2n) is 8.19. The molecule has 1 saturated carbocycles. The molecule has 3 aliphatic rings. The van der Waals surface area contributed by atoms with Crippen molar-refractivity contribution in [1.29, 1.82) is 0 Å². The minimum absolute atomic E-state index is 0.119. The molecule has 4 rings (SSSR count). The van der Waals surface area contributed by atoms with Gasteiger partial charge in [-0.15, -0.1) is 0 Å². The molecule has 2 amide bonds. The van der Waals surface area contributed by atoms with Crippen LogP contribution in [0.4, 0.5) is 0 Å². The summed E-state index contributed by atoms with van der Waals surface area (Å²) in [5.41, 5.74) is 1.63. The summed E-state index contributed by atoms with van der Waals surface area (Å²) in [5.74, 6) is 0.345. The molecule has 0 N–H and O–H groups in total. The van der Waals surface area contributed by atoms with Crippen LogP contribution in [0.15, 0.2) is 24.3 Å². The van der Waals surface area contributed by atoms with Crippen LogP contribution in [0.1, 0.15) is 54.4 Å². The van der Waals surface area contributed by atoms with Gasteiger partial charge in [0.2, 0.25) is 5.91 Å². The van der Waals surface area contributed by atoms with Gasteiger partial charge in [-0.1, -0.05) is 37.5 Å². The van der Waals surface area contributed by atoms with E-state index in [2.05, 4.69) is 11.9 Å². The molecule has 5 nitrogen and oxygen atoms in total. The summed E-state index contributed by atoms with van der Waals surface area (Å²) in [6, 6.07) is 7.91. The van der Waals surface area contributed by atoms with Gasteiger partial charge in [0.05, 0.1) is 12.0 Å². The molecule has 2 heterocycles. The number of carbonyl (C=O) groups excluding carboxylic acids is 2. The minimum atomic E-state index is -0.297. The Morgan fingerprint density at radius 1 is 1.04 bits per heavy atom. The second-order valence-corrected chi connectivity index (χ2v) is 8.19. The molecule has 26 heavy (non-hydrogen) atoms. The van der Waals surface area contributed by atoms with Gasteiger partial charge in [0.1, 0.15) is 0 Å². The van der Waals surface area contributed by atoms with Crippen molar-refractivity contribution in [3.05, 3.63) is 35.4 Å². The van der Waals surface area contributed by atoms with Crippen molar-refractivity contribution in [3.63, 3.8) is 0 Å². The quantitative estimate of drug-likeness (QED) is 0.837. The van der Waals surface area contributed by atoms with Crippen LogP contribution in [0.3, 0.4) is 0 Å². The van der Waals surface area contributed by atoms with E-state index < -0.39 is 0 Å². The molecule has 2 fully saturated rings. The Hall–Kier alpha value is -1.88. The standard InChI is InChI=1S/C21H29N3O2/c1-22-11-13-23(14-12-22)19(25)15-21(9-5-2-6-10-21)24-16-17-7-3-4-8-18(17)20(24)26/h3-4,7-8H,2,5-6,9-16H2,1H3. The summed E-state index contributed by atoms with van der Waals surface area (Å²) in [5, 5.41) is 0. The average Bonchev–Trinajstić information content (AvgIpc) is 3.01. The Labute approximate surface area is 155 Å². The normalized spacial score (nSPS) is 23.2.